The van der Waals surface area contributed by atoms with Gasteiger partial charge < -0.3 is 27.9 Å². The second kappa shape index (κ2) is 37.1. The Morgan fingerprint density at radius 1 is 0.564 bits per heavy atom. The Morgan fingerprint density at radius 3 is 1.55 bits per heavy atom. The minimum Gasteiger partial charge on any atom is -0.756 e. The Morgan fingerprint density at radius 2 is 1.02 bits per heavy atom. The van der Waals surface area contributed by atoms with E-state index in [9.17, 15) is 19.0 Å². The summed E-state index contributed by atoms with van der Waals surface area (Å²) in [4.78, 5) is 37.4. The summed E-state index contributed by atoms with van der Waals surface area (Å²) in [6, 6.07) is 0. The maximum atomic E-state index is 12.6. The van der Waals surface area contributed by atoms with Gasteiger partial charge in [0, 0.05) is 12.8 Å². The molecule has 0 aromatic carbocycles. The highest BCUT2D eigenvalue weighted by Crippen LogP contribution is 2.38. The van der Waals surface area contributed by atoms with E-state index in [-0.39, 0.29) is 26.1 Å². The molecule has 0 aliphatic rings. The molecule has 316 valence electrons. The highest BCUT2D eigenvalue weighted by Gasteiger charge is 2.21. The Kier molecular flexibility index (Phi) is 35.3. The number of hydrogen-bond acceptors (Lipinski definition) is 8. The molecule has 0 amide bonds. The number of phosphoric ester groups is 1. The molecule has 0 fully saturated rings. The SMILES string of the molecule is CCCCC/C=C/C/C=C/C/C=C/C/C=C/C/C=C/CCC(=O)O[C@H](COC(=O)CCCCCCC/C=C/CCCCC)COP(=O)([O-])OCC[N+](C)(C)C. The molecule has 9 nitrogen and oxygen atoms in total. The van der Waals surface area contributed by atoms with Crippen LogP contribution in [0, 0.1) is 0 Å². The molecule has 55 heavy (non-hydrogen) atoms. The number of nitrogens with zero attached hydrogens (tertiary/aromatic N) is 1. The fourth-order valence-electron chi connectivity index (χ4n) is 5.10. The Balaban J connectivity index is 4.54. The van der Waals surface area contributed by atoms with Crippen molar-refractivity contribution >= 4 is 19.8 Å². The number of likely N-dealkylation sites (N-methyl/N-ethyl adjacent to an activating group) is 1. The average Bonchev–Trinajstić information content (AvgIpc) is 3.13. The van der Waals surface area contributed by atoms with Crippen molar-refractivity contribution in [2.45, 2.75) is 155 Å². The number of unbranched alkanes of at least 4 members (excludes halogenated alkanes) is 11. The van der Waals surface area contributed by atoms with E-state index in [1.807, 2.05) is 33.3 Å². The first-order valence-electron chi connectivity index (χ1n) is 21.1. The summed E-state index contributed by atoms with van der Waals surface area (Å²) >= 11 is 0. The average molecular weight is 792 g/mol. The van der Waals surface area contributed by atoms with Crippen LogP contribution in [-0.2, 0) is 32.7 Å². The zero-order valence-electron chi connectivity index (χ0n) is 35.3. The summed E-state index contributed by atoms with van der Waals surface area (Å²) in [5.74, 6) is -0.949. The topological polar surface area (TPSA) is 111 Å². The molecule has 0 N–H and O–H groups in total. The maximum Gasteiger partial charge on any atom is 0.306 e. The van der Waals surface area contributed by atoms with Gasteiger partial charge in [0.25, 0.3) is 7.82 Å². The number of carbonyl (C=O) groups excluding carboxylic acids is 2. The lowest BCUT2D eigenvalue weighted by atomic mass is 10.1. The summed E-state index contributed by atoms with van der Waals surface area (Å²) in [5, 5.41) is 0. The summed E-state index contributed by atoms with van der Waals surface area (Å²) in [5.41, 5.74) is 0. The molecule has 0 aromatic rings. The van der Waals surface area contributed by atoms with Gasteiger partial charge in [0.15, 0.2) is 6.10 Å². The van der Waals surface area contributed by atoms with Crippen molar-refractivity contribution in [3.05, 3.63) is 72.9 Å². The van der Waals surface area contributed by atoms with Crippen LogP contribution in [0.3, 0.4) is 0 Å². The third kappa shape index (κ3) is 40.9. The molecule has 0 bridgehead atoms. The highest BCUT2D eigenvalue weighted by molar-refractivity contribution is 7.45. The van der Waals surface area contributed by atoms with Crippen LogP contribution in [0.1, 0.15) is 149 Å². The van der Waals surface area contributed by atoms with Gasteiger partial charge in [0.1, 0.15) is 19.8 Å². The van der Waals surface area contributed by atoms with E-state index in [0.29, 0.717) is 23.9 Å². The Hall–Kier alpha value is -2.55. The molecule has 2 atom stereocenters. The van der Waals surface area contributed by atoms with E-state index in [1.54, 1.807) is 0 Å². The molecular weight excluding hydrogens is 713 g/mol. The lowest BCUT2D eigenvalue weighted by Crippen LogP contribution is -2.37. The van der Waals surface area contributed by atoms with Crippen molar-refractivity contribution in [3.8, 4) is 0 Å². The predicted molar refractivity (Wildman–Crippen MR) is 226 cm³/mol. The Labute approximate surface area is 336 Å². The first-order valence-corrected chi connectivity index (χ1v) is 22.6. The van der Waals surface area contributed by atoms with Gasteiger partial charge in [-0.05, 0) is 77.0 Å². The molecule has 10 heteroatoms. The quantitative estimate of drug-likeness (QED) is 0.0201. The molecule has 0 rings (SSSR count). The lowest BCUT2D eigenvalue weighted by Gasteiger charge is -2.28. The fraction of sp³-hybridized carbons (Fsp3) is 0.689. The van der Waals surface area contributed by atoms with Crippen molar-refractivity contribution in [1.29, 1.82) is 0 Å². The van der Waals surface area contributed by atoms with Gasteiger partial charge >= 0.3 is 11.9 Å². The molecule has 0 aromatic heterocycles. The number of allylic oxidation sites excluding steroid dienone is 12. The number of ether oxygens (including phenoxy) is 2. The van der Waals surface area contributed by atoms with Crippen LogP contribution >= 0.6 is 7.82 Å². The van der Waals surface area contributed by atoms with Crippen LogP contribution in [0.5, 0.6) is 0 Å². The van der Waals surface area contributed by atoms with Crippen LogP contribution < -0.4 is 4.89 Å². The Bertz CT molecular complexity index is 1170. The van der Waals surface area contributed by atoms with Gasteiger partial charge in [-0.3, -0.25) is 14.2 Å². The van der Waals surface area contributed by atoms with Crippen molar-refractivity contribution in [2.75, 3.05) is 47.5 Å². The number of esters is 2. The van der Waals surface area contributed by atoms with Crippen LogP contribution in [0.2, 0.25) is 0 Å². The lowest BCUT2D eigenvalue weighted by molar-refractivity contribution is -0.870. The maximum absolute atomic E-state index is 12.6. The standard InChI is InChI=1S/C45H78NO8P/c1-6-8-10-12-14-16-18-20-21-22-23-24-25-26-28-30-32-34-36-38-45(48)54-43(42-53-55(49,50)52-40-39-46(3,4)5)41-51-44(47)37-35-33-31-29-27-19-17-15-13-11-9-7-2/h14-17,20-21,23-24,26,28,32,34,43H,6-13,18-19,22,25,27,29-31,33,35-42H2,1-5H3/b16-14+,17-15+,21-20+,24-23+,28-26+,34-32+/t43-/m1/s1. The van der Waals surface area contributed by atoms with Crippen LogP contribution in [0.15, 0.2) is 72.9 Å². The third-order valence-corrected chi connectivity index (χ3v) is 9.43. The summed E-state index contributed by atoms with van der Waals surface area (Å²) < 4.78 is 33.7. The molecule has 0 heterocycles. The zero-order valence-corrected chi connectivity index (χ0v) is 36.2. The molecule has 0 spiro atoms. The van der Waals surface area contributed by atoms with Gasteiger partial charge in [-0.25, -0.2) is 0 Å². The molecule has 0 aliphatic heterocycles. The van der Waals surface area contributed by atoms with Gasteiger partial charge in [-0.2, -0.15) is 0 Å². The van der Waals surface area contributed by atoms with Crippen molar-refractivity contribution in [1.82, 2.24) is 0 Å². The van der Waals surface area contributed by atoms with Gasteiger partial charge in [0.05, 0.1) is 27.7 Å². The molecule has 0 saturated carbocycles. The molecule has 0 radical (unpaired) electrons. The normalized spacial score (nSPS) is 14.4. The summed E-state index contributed by atoms with van der Waals surface area (Å²) in [7, 11) is 1.10. The third-order valence-electron chi connectivity index (χ3n) is 8.46. The number of rotatable bonds is 37. The molecular formula is C45H78NO8P. The second-order valence-electron chi connectivity index (χ2n) is 15.0. The van der Waals surface area contributed by atoms with Gasteiger partial charge in [0.2, 0.25) is 0 Å². The van der Waals surface area contributed by atoms with Crippen molar-refractivity contribution in [3.63, 3.8) is 0 Å². The molecule has 0 saturated heterocycles. The number of hydrogen-bond donors (Lipinski definition) is 0. The second-order valence-corrected chi connectivity index (χ2v) is 16.4. The smallest absolute Gasteiger partial charge is 0.306 e. The van der Waals surface area contributed by atoms with E-state index in [2.05, 4.69) is 74.6 Å². The fourth-order valence-corrected chi connectivity index (χ4v) is 5.83. The highest BCUT2D eigenvalue weighted by atomic mass is 31.2. The van der Waals surface area contributed by atoms with Gasteiger partial charge in [-0.1, -0.05) is 132 Å². The van der Waals surface area contributed by atoms with E-state index in [1.165, 1.54) is 44.9 Å². The minimum atomic E-state index is -4.65. The van der Waals surface area contributed by atoms with Crippen LogP contribution in [0.25, 0.3) is 0 Å². The predicted octanol–water partition coefficient (Wildman–Crippen LogP) is 11.2. The van der Waals surface area contributed by atoms with E-state index in [4.69, 9.17) is 18.5 Å². The summed E-state index contributed by atoms with van der Waals surface area (Å²) in [6.45, 7) is 4.05. The first kappa shape index (κ1) is 52.5. The van der Waals surface area contributed by atoms with E-state index < -0.39 is 32.5 Å². The van der Waals surface area contributed by atoms with Crippen LogP contribution in [0.4, 0.5) is 0 Å². The largest absolute Gasteiger partial charge is 0.756 e. The van der Waals surface area contributed by atoms with Crippen molar-refractivity contribution < 1.29 is 42.1 Å². The van der Waals surface area contributed by atoms with E-state index in [0.717, 1.165) is 64.2 Å². The first-order chi connectivity index (χ1) is 26.5. The van der Waals surface area contributed by atoms with Crippen LogP contribution in [-0.4, -0.2) is 70.0 Å². The molecule has 0 aliphatic carbocycles. The molecule has 1 unspecified atom stereocenters. The number of phosphoric acid groups is 1. The van der Waals surface area contributed by atoms with Crippen molar-refractivity contribution in [2.24, 2.45) is 0 Å². The number of quaternary nitrogens is 1. The zero-order chi connectivity index (χ0) is 40.7. The minimum absolute atomic E-state index is 0.0488. The monoisotopic (exact) mass is 792 g/mol. The summed E-state index contributed by atoms with van der Waals surface area (Å²) in [6.07, 6.45) is 45.2. The number of carbonyl (C=O) groups is 2. The van der Waals surface area contributed by atoms with E-state index >= 15 is 0 Å². The van der Waals surface area contributed by atoms with Gasteiger partial charge in [-0.15, -0.1) is 0 Å².